The summed E-state index contributed by atoms with van der Waals surface area (Å²) in [6, 6.07) is 2.67. The summed E-state index contributed by atoms with van der Waals surface area (Å²) in [6.07, 6.45) is 0.572. The predicted octanol–water partition coefficient (Wildman–Crippen LogP) is 0.809. The Kier molecular flexibility index (Phi) is 4.57. The summed E-state index contributed by atoms with van der Waals surface area (Å²) in [4.78, 5) is 20.9. The van der Waals surface area contributed by atoms with E-state index in [2.05, 4.69) is 0 Å². The van der Waals surface area contributed by atoms with Gasteiger partial charge in [0, 0.05) is 12.1 Å². The number of carbonyl (C=O) groups is 1. The van der Waals surface area contributed by atoms with E-state index in [0.29, 0.717) is 6.42 Å². The molecule has 2 N–H and O–H groups in total. The molecule has 1 aromatic rings. The molecule has 19 heavy (non-hydrogen) atoms. The van der Waals surface area contributed by atoms with E-state index in [0.717, 1.165) is 18.2 Å². The van der Waals surface area contributed by atoms with Crippen molar-refractivity contribution in [3.05, 3.63) is 33.9 Å². The highest BCUT2D eigenvalue weighted by Crippen LogP contribution is 2.20. The molecule has 0 bridgehead atoms. The molecule has 0 aliphatic carbocycles. The van der Waals surface area contributed by atoms with Crippen LogP contribution in [0.3, 0.4) is 0 Å². The van der Waals surface area contributed by atoms with Crippen molar-refractivity contribution in [2.45, 2.75) is 18.2 Å². The average Bonchev–Trinajstić information content (AvgIpc) is 2.34. The first-order chi connectivity index (χ1) is 8.75. The number of benzene rings is 1. The molecule has 0 fully saturated rings. The van der Waals surface area contributed by atoms with E-state index in [1.807, 2.05) is 0 Å². The van der Waals surface area contributed by atoms with Crippen molar-refractivity contribution in [3.63, 3.8) is 0 Å². The monoisotopic (exact) mass is 288 g/mol. The highest BCUT2D eigenvalue weighted by molar-refractivity contribution is 7.89. The summed E-state index contributed by atoms with van der Waals surface area (Å²) >= 11 is 0. The number of esters is 1. The molecule has 0 radical (unpaired) electrons. The number of nitro groups is 1. The molecule has 0 heterocycles. The lowest BCUT2D eigenvalue weighted by molar-refractivity contribution is -0.385. The Morgan fingerprint density at radius 2 is 2.05 bits per heavy atom. The number of nitrogens with two attached hydrogens (primary N) is 1. The summed E-state index contributed by atoms with van der Waals surface area (Å²) in [7, 11) is -4.15. The maximum absolute atomic E-state index is 11.6. The molecule has 0 saturated carbocycles. The molecule has 0 spiro atoms. The second-order valence-electron chi connectivity index (χ2n) is 3.65. The maximum Gasteiger partial charge on any atom is 0.338 e. The number of hydrogen-bond donors (Lipinski definition) is 1. The lowest BCUT2D eigenvalue weighted by Crippen LogP contribution is -2.14. The molecule has 1 rings (SSSR count). The number of hydrogen-bond acceptors (Lipinski definition) is 6. The standard InChI is InChI=1S/C10H12N2O6S/c1-2-3-18-10(13)7-4-8(12(14)15)6-9(5-7)19(11,16)17/h4-6H,2-3H2,1H3,(H2,11,16,17). The molecule has 8 nitrogen and oxygen atoms in total. The number of sulfonamides is 1. The number of nitrogens with zero attached hydrogens (tertiary/aromatic N) is 1. The minimum absolute atomic E-state index is 0.131. The van der Waals surface area contributed by atoms with E-state index in [9.17, 15) is 23.3 Å². The Balaban J connectivity index is 3.29. The summed E-state index contributed by atoms with van der Waals surface area (Å²) < 4.78 is 27.2. The van der Waals surface area contributed by atoms with Gasteiger partial charge in [-0.15, -0.1) is 0 Å². The predicted molar refractivity (Wildman–Crippen MR) is 65.0 cm³/mol. The molecule has 0 aliphatic rings. The molecule has 0 unspecified atom stereocenters. The Hall–Kier alpha value is -2.00. The van der Waals surface area contributed by atoms with Gasteiger partial charge in [0.1, 0.15) is 0 Å². The molecule has 0 atom stereocenters. The Bertz CT molecular complexity index is 610. The summed E-state index contributed by atoms with van der Waals surface area (Å²) in [5.74, 6) is -0.838. The number of carbonyl (C=O) groups excluding carboxylic acids is 1. The Morgan fingerprint density at radius 1 is 1.42 bits per heavy atom. The number of ether oxygens (including phenoxy) is 1. The van der Waals surface area contributed by atoms with Crippen molar-refractivity contribution >= 4 is 21.7 Å². The highest BCUT2D eigenvalue weighted by atomic mass is 32.2. The van der Waals surface area contributed by atoms with Crippen LogP contribution in [-0.4, -0.2) is 25.9 Å². The number of nitro benzene ring substituents is 1. The van der Waals surface area contributed by atoms with Crippen LogP contribution in [0.1, 0.15) is 23.7 Å². The molecule has 0 aromatic heterocycles. The fraction of sp³-hybridized carbons (Fsp3) is 0.300. The highest BCUT2D eigenvalue weighted by Gasteiger charge is 2.20. The van der Waals surface area contributed by atoms with Crippen LogP contribution in [-0.2, 0) is 14.8 Å². The van der Waals surface area contributed by atoms with E-state index >= 15 is 0 Å². The van der Waals surface area contributed by atoms with Crippen molar-refractivity contribution in [1.82, 2.24) is 0 Å². The SMILES string of the molecule is CCCOC(=O)c1cc([N+](=O)[O-])cc(S(N)(=O)=O)c1. The van der Waals surface area contributed by atoms with Crippen LogP contribution >= 0.6 is 0 Å². The van der Waals surface area contributed by atoms with Crippen molar-refractivity contribution < 1.29 is 22.9 Å². The lowest BCUT2D eigenvalue weighted by atomic mass is 10.2. The largest absolute Gasteiger partial charge is 0.462 e. The normalized spacial score (nSPS) is 11.1. The van der Waals surface area contributed by atoms with Gasteiger partial charge in [-0.3, -0.25) is 10.1 Å². The lowest BCUT2D eigenvalue weighted by Gasteiger charge is -2.05. The van der Waals surface area contributed by atoms with Crippen LogP contribution in [0, 0.1) is 10.1 Å². The van der Waals surface area contributed by atoms with E-state index in [1.54, 1.807) is 6.92 Å². The second-order valence-corrected chi connectivity index (χ2v) is 5.22. The van der Waals surface area contributed by atoms with Crippen molar-refractivity contribution in [2.75, 3.05) is 6.61 Å². The fourth-order valence-electron chi connectivity index (χ4n) is 1.25. The molecular formula is C10H12N2O6S. The van der Waals surface area contributed by atoms with Gasteiger partial charge in [0.15, 0.2) is 0 Å². The van der Waals surface area contributed by atoms with Gasteiger partial charge in [0.05, 0.1) is 22.0 Å². The Labute approximate surface area is 109 Å². The quantitative estimate of drug-likeness (QED) is 0.484. The zero-order valence-corrected chi connectivity index (χ0v) is 10.8. The van der Waals surface area contributed by atoms with Gasteiger partial charge in [-0.05, 0) is 12.5 Å². The number of primary sulfonamides is 1. The average molecular weight is 288 g/mol. The molecule has 9 heteroatoms. The number of rotatable bonds is 5. The Morgan fingerprint density at radius 3 is 2.53 bits per heavy atom. The van der Waals surface area contributed by atoms with Crippen molar-refractivity contribution in [2.24, 2.45) is 5.14 Å². The summed E-state index contributed by atoms with van der Waals surface area (Å²) in [6.45, 7) is 1.91. The first-order valence-corrected chi connectivity index (χ1v) is 6.79. The van der Waals surface area contributed by atoms with Gasteiger partial charge in [0.2, 0.25) is 10.0 Å². The second kappa shape index (κ2) is 5.76. The van der Waals surface area contributed by atoms with Gasteiger partial charge in [0.25, 0.3) is 5.69 Å². The molecule has 0 saturated heterocycles. The minimum atomic E-state index is -4.15. The van der Waals surface area contributed by atoms with Crippen molar-refractivity contribution in [3.8, 4) is 0 Å². The third-order valence-corrected chi connectivity index (χ3v) is 3.00. The zero-order valence-electron chi connectivity index (χ0n) is 10.0. The van der Waals surface area contributed by atoms with Crippen LogP contribution in [0.25, 0.3) is 0 Å². The van der Waals surface area contributed by atoms with Crippen LogP contribution in [0.4, 0.5) is 5.69 Å². The van der Waals surface area contributed by atoms with E-state index in [1.165, 1.54) is 0 Å². The third-order valence-electron chi connectivity index (χ3n) is 2.10. The molecule has 1 aromatic carbocycles. The van der Waals surface area contributed by atoms with E-state index < -0.39 is 31.5 Å². The van der Waals surface area contributed by atoms with Crippen LogP contribution in [0.2, 0.25) is 0 Å². The summed E-state index contributed by atoms with van der Waals surface area (Å²) in [5.41, 5.74) is -0.776. The maximum atomic E-state index is 11.6. The van der Waals surface area contributed by atoms with Crippen LogP contribution < -0.4 is 5.14 Å². The zero-order chi connectivity index (χ0) is 14.6. The van der Waals surface area contributed by atoms with E-state index in [4.69, 9.17) is 9.88 Å². The van der Waals surface area contributed by atoms with Crippen LogP contribution in [0.15, 0.2) is 23.1 Å². The van der Waals surface area contributed by atoms with E-state index in [-0.39, 0.29) is 12.2 Å². The fourth-order valence-corrected chi connectivity index (χ4v) is 1.83. The van der Waals surface area contributed by atoms with Gasteiger partial charge in [-0.25, -0.2) is 18.4 Å². The van der Waals surface area contributed by atoms with Gasteiger partial charge < -0.3 is 4.74 Å². The first kappa shape index (κ1) is 15.1. The molecule has 0 aliphatic heterocycles. The minimum Gasteiger partial charge on any atom is -0.462 e. The number of non-ortho nitro benzene ring substituents is 1. The molecule has 0 amide bonds. The first-order valence-electron chi connectivity index (χ1n) is 5.25. The molecule has 104 valence electrons. The van der Waals surface area contributed by atoms with Crippen LogP contribution in [0.5, 0.6) is 0 Å². The molecular weight excluding hydrogens is 276 g/mol. The van der Waals surface area contributed by atoms with Crippen molar-refractivity contribution in [1.29, 1.82) is 0 Å². The van der Waals surface area contributed by atoms with Gasteiger partial charge in [-0.2, -0.15) is 0 Å². The summed E-state index contributed by atoms with van der Waals surface area (Å²) in [5, 5.41) is 15.6. The van der Waals surface area contributed by atoms with Gasteiger partial charge >= 0.3 is 5.97 Å². The smallest absolute Gasteiger partial charge is 0.338 e. The van der Waals surface area contributed by atoms with Gasteiger partial charge in [-0.1, -0.05) is 6.92 Å². The third kappa shape index (κ3) is 4.00. The topological polar surface area (TPSA) is 130 Å².